The van der Waals surface area contributed by atoms with Gasteiger partial charge in [-0.1, -0.05) is 30.1 Å². The van der Waals surface area contributed by atoms with Crippen molar-refractivity contribution in [3.8, 4) is 0 Å². The Balaban J connectivity index is 2.48. The molecule has 0 bridgehead atoms. The third-order valence-electron chi connectivity index (χ3n) is 2.47. The Morgan fingerprint density at radius 1 is 1.41 bits per heavy atom. The maximum atomic E-state index is 11.6. The summed E-state index contributed by atoms with van der Waals surface area (Å²) in [6.45, 7) is 2.62. The fourth-order valence-electron chi connectivity index (χ4n) is 1.29. The number of halogens is 2. The molecule has 0 fully saturated rings. The highest BCUT2D eigenvalue weighted by Crippen LogP contribution is 2.25. The van der Waals surface area contributed by atoms with Crippen molar-refractivity contribution >= 4 is 34.8 Å². The van der Waals surface area contributed by atoms with Crippen molar-refractivity contribution in [3.63, 3.8) is 0 Å². The second-order valence-corrected chi connectivity index (χ2v) is 4.87. The summed E-state index contributed by atoms with van der Waals surface area (Å²) in [6.07, 6.45) is 1.24. The number of rotatable bonds is 5. The van der Waals surface area contributed by atoms with Crippen LogP contribution in [0.3, 0.4) is 0 Å². The van der Waals surface area contributed by atoms with E-state index in [0.717, 1.165) is 6.42 Å². The lowest BCUT2D eigenvalue weighted by atomic mass is 10.1. The number of anilines is 1. The molecule has 3 nitrogen and oxygen atoms in total. The van der Waals surface area contributed by atoms with Crippen LogP contribution in [0.1, 0.15) is 19.8 Å². The molecule has 3 N–H and O–H groups in total. The van der Waals surface area contributed by atoms with Crippen molar-refractivity contribution in [1.29, 1.82) is 0 Å². The number of amides is 1. The Hall–Kier alpha value is -0.770. The van der Waals surface area contributed by atoms with E-state index in [1.165, 1.54) is 0 Å². The van der Waals surface area contributed by atoms with Gasteiger partial charge in [-0.05, 0) is 37.1 Å². The molecule has 1 atom stereocenters. The van der Waals surface area contributed by atoms with Crippen molar-refractivity contribution < 1.29 is 4.79 Å². The minimum Gasteiger partial charge on any atom is -0.330 e. The smallest absolute Gasteiger partial charge is 0.224 e. The van der Waals surface area contributed by atoms with Gasteiger partial charge in [-0.15, -0.1) is 0 Å². The number of hydrogen-bond acceptors (Lipinski definition) is 2. The standard InChI is InChI=1S/C12H16Cl2N2O/c1-8(7-15)2-5-12(17)16-9-3-4-10(13)11(14)6-9/h3-4,6,8H,2,5,7,15H2,1H3,(H,16,17). The van der Waals surface area contributed by atoms with Crippen LogP contribution in [0, 0.1) is 5.92 Å². The molecule has 1 amide bonds. The molecule has 0 aliphatic carbocycles. The highest BCUT2D eigenvalue weighted by molar-refractivity contribution is 6.42. The zero-order valence-electron chi connectivity index (χ0n) is 9.67. The van der Waals surface area contributed by atoms with E-state index in [1.807, 2.05) is 6.92 Å². The molecule has 94 valence electrons. The Morgan fingerprint density at radius 3 is 2.71 bits per heavy atom. The molecule has 5 heteroatoms. The first-order chi connectivity index (χ1) is 8.02. The average molecular weight is 275 g/mol. The van der Waals surface area contributed by atoms with Crippen LogP contribution in [-0.2, 0) is 4.79 Å². The lowest BCUT2D eigenvalue weighted by molar-refractivity contribution is -0.116. The summed E-state index contributed by atoms with van der Waals surface area (Å²) in [5, 5.41) is 3.67. The van der Waals surface area contributed by atoms with Crippen molar-refractivity contribution in [2.24, 2.45) is 11.7 Å². The van der Waals surface area contributed by atoms with E-state index in [0.29, 0.717) is 34.6 Å². The van der Waals surface area contributed by atoms with Gasteiger partial charge in [-0.3, -0.25) is 4.79 Å². The fourth-order valence-corrected chi connectivity index (χ4v) is 1.59. The molecule has 0 aromatic heterocycles. The van der Waals surface area contributed by atoms with Gasteiger partial charge < -0.3 is 11.1 Å². The Bertz CT molecular complexity index is 396. The highest BCUT2D eigenvalue weighted by atomic mass is 35.5. The van der Waals surface area contributed by atoms with Crippen molar-refractivity contribution in [2.75, 3.05) is 11.9 Å². The SMILES string of the molecule is CC(CN)CCC(=O)Nc1ccc(Cl)c(Cl)c1. The highest BCUT2D eigenvalue weighted by Gasteiger charge is 2.07. The number of carbonyl (C=O) groups is 1. The summed E-state index contributed by atoms with van der Waals surface area (Å²) >= 11 is 11.6. The maximum Gasteiger partial charge on any atom is 0.224 e. The summed E-state index contributed by atoms with van der Waals surface area (Å²) < 4.78 is 0. The van der Waals surface area contributed by atoms with E-state index >= 15 is 0 Å². The zero-order valence-corrected chi connectivity index (χ0v) is 11.2. The quantitative estimate of drug-likeness (QED) is 0.866. The largest absolute Gasteiger partial charge is 0.330 e. The van der Waals surface area contributed by atoms with Gasteiger partial charge in [-0.25, -0.2) is 0 Å². The molecule has 1 aromatic rings. The van der Waals surface area contributed by atoms with Gasteiger partial charge in [0.25, 0.3) is 0 Å². The Labute approximate surface area is 111 Å². The van der Waals surface area contributed by atoms with Crippen molar-refractivity contribution in [1.82, 2.24) is 0 Å². The summed E-state index contributed by atoms with van der Waals surface area (Å²) in [4.78, 5) is 11.6. The number of hydrogen-bond donors (Lipinski definition) is 2. The van der Waals surface area contributed by atoms with Crippen LogP contribution in [0.25, 0.3) is 0 Å². The topological polar surface area (TPSA) is 55.1 Å². The van der Waals surface area contributed by atoms with E-state index in [2.05, 4.69) is 5.32 Å². The van der Waals surface area contributed by atoms with Gasteiger partial charge in [0.15, 0.2) is 0 Å². The van der Waals surface area contributed by atoms with Gasteiger partial charge >= 0.3 is 0 Å². The summed E-state index contributed by atoms with van der Waals surface area (Å²) in [5.41, 5.74) is 6.14. The van der Waals surface area contributed by atoms with Gasteiger partial charge in [0, 0.05) is 12.1 Å². The van der Waals surface area contributed by atoms with Crippen LogP contribution >= 0.6 is 23.2 Å². The van der Waals surface area contributed by atoms with E-state index < -0.39 is 0 Å². The van der Waals surface area contributed by atoms with E-state index in [4.69, 9.17) is 28.9 Å². The molecule has 17 heavy (non-hydrogen) atoms. The molecule has 0 saturated carbocycles. The van der Waals surface area contributed by atoms with E-state index in [9.17, 15) is 4.79 Å². The fraction of sp³-hybridized carbons (Fsp3) is 0.417. The number of nitrogens with two attached hydrogens (primary N) is 1. The molecule has 1 unspecified atom stereocenters. The molecule has 0 aliphatic rings. The first-order valence-electron chi connectivity index (χ1n) is 5.48. The predicted octanol–water partition coefficient (Wildman–Crippen LogP) is 3.31. The average Bonchev–Trinajstić information content (AvgIpc) is 2.31. The number of benzene rings is 1. The van der Waals surface area contributed by atoms with Crippen molar-refractivity contribution in [2.45, 2.75) is 19.8 Å². The first kappa shape index (κ1) is 14.3. The Morgan fingerprint density at radius 2 is 2.12 bits per heavy atom. The zero-order chi connectivity index (χ0) is 12.8. The van der Waals surface area contributed by atoms with Crippen LogP contribution in [-0.4, -0.2) is 12.5 Å². The van der Waals surface area contributed by atoms with Gasteiger partial charge in [-0.2, -0.15) is 0 Å². The second-order valence-electron chi connectivity index (χ2n) is 4.06. The van der Waals surface area contributed by atoms with Gasteiger partial charge in [0.1, 0.15) is 0 Å². The maximum absolute atomic E-state index is 11.6. The van der Waals surface area contributed by atoms with E-state index in [1.54, 1.807) is 18.2 Å². The Kier molecular flexibility index (Phi) is 5.75. The van der Waals surface area contributed by atoms with E-state index in [-0.39, 0.29) is 5.91 Å². The lowest BCUT2D eigenvalue weighted by Crippen LogP contribution is -2.16. The molecule has 1 rings (SSSR count). The third kappa shape index (κ3) is 4.94. The molecule has 0 spiro atoms. The second kappa shape index (κ2) is 6.84. The van der Waals surface area contributed by atoms with Gasteiger partial charge in [0.05, 0.1) is 10.0 Å². The summed E-state index contributed by atoms with van der Waals surface area (Å²) in [7, 11) is 0. The normalized spacial score (nSPS) is 12.2. The molecule has 1 aromatic carbocycles. The predicted molar refractivity (Wildman–Crippen MR) is 72.5 cm³/mol. The van der Waals surface area contributed by atoms with Gasteiger partial charge in [0.2, 0.25) is 5.91 Å². The third-order valence-corrected chi connectivity index (χ3v) is 3.21. The number of nitrogens with one attached hydrogen (secondary N) is 1. The van der Waals surface area contributed by atoms with Crippen LogP contribution in [0.4, 0.5) is 5.69 Å². The monoisotopic (exact) mass is 274 g/mol. The molecule has 0 aliphatic heterocycles. The van der Waals surface area contributed by atoms with Crippen LogP contribution in [0.15, 0.2) is 18.2 Å². The molecular formula is C12H16Cl2N2O. The van der Waals surface area contributed by atoms with Crippen LogP contribution < -0.4 is 11.1 Å². The lowest BCUT2D eigenvalue weighted by Gasteiger charge is -2.09. The molecular weight excluding hydrogens is 259 g/mol. The van der Waals surface area contributed by atoms with Crippen molar-refractivity contribution in [3.05, 3.63) is 28.2 Å². The number of carbonyl (C=O) groups excluding carboxylic acids is 1. The first-order valence-corrected chi connectivity index (χ1v) is 6.23. The molecule has 0 saturated heterocycles. The summed E-state index contributed by atoms with van der Waals surface area (Å²) in [6, 6.07) is 5.01. The van der Waals surface area contributed by atoms with Crippen LogP contribution in [0.2, 0.25) is 10.0 Å². The summed E-state index contributed by atoms with van der Waals surface area (Å²) in [5.74, 6) is 0.318. The minimum atomic E-state index is -0.0383. The minimum absolute atomic E-state index is 0.0383. The molecule has 0 radical (unpaired) electrons. The molecule has 0 heterocycles. The van der Waals surface area contributed by atoms with Crippen LogP contribution in [0.5, 0.6) is 0 Å².